The molecule has 0 spiro atoms. The number of hydrogen-bond donors (Lipinski definition) is 1. The number of carbonyl (C=O) groups is 1. The van der Waals surface area contributed by atoms with Crippen LogP contribution in [0.4, 0.5) is 10.1 Å². The number of hydrogen-bond acceptors (Lipinski definition) is 4. The van der Waals surface area contributed by atoms with Crippen molar-refractivity contribution in [3.63, 3.8) is 0 Å². The molecule has 7 nitrogen and oxygen atoms in total. The molecule has 1 heterocycles. The van der Waals surface area contributed by atoms with Gasteiger partial charge in [-0.1, -0.05) is 48.5 Å². The first-order valence-corrected chi connectivity index (χ1v) is 12.6. The number of rotatable bonds is 10. The van der Waals surface area contributed by atoms with Crippen LogP contribution in [-0.2, 0) is 24.3 Å². The predicted molar refractivity (Wildman–Crippen MR) is 150 cm³/mol. The van der Waals surface area contributed by atoms with Gasteiger partial charge in [0.25, 0.3) is 0 Å². The summed E-state index contributed by atoms with van der Waals surface area (Å²) in [6, 6.07) is 25.1. The standard InChI is InChI=1S/C32H26FN3O4/c1-34-26-12-10-25(28(33)19-26)20-40-27-5-3-4-23(17-27)22-8-6-21(7-9-22)16-31-35-29-13-11-24(32(37)38)18-30(29)36(31)14-15-39-2/h3-13,17-19H,14-16,20H2,2H3,(H,37,38). The van der Waals surface area contributed by atoms with Gasteiger partial charge < -0.3 is 19.1 Å². The van der Waals surface area contributed by atoms with Crippen LogP contribution < -0.4 is 4.74 Å². The molecular weight excluding hydrogens is 509 g/mol. The summed E-state index contributed by atoms with van der Waals surface area (Å²) in [6.45, 7) is 8.10. The minimum atomic E-state index is -0.976. The molecule has 200 valence electrons. The topological polar surface area (TPSA) is 77.9 Å². The molecule has 0 atom stereocenters. The predicted octanol–water partition coefficient (Wildman–Crippen LogP) is 6.91. The fraction of sp³-hybridized carbons (Fsp3) is 0.156. The van der Waals surface area contributed by atoms with Crippen LogP contribution in [0.15, 0.2) is 84.9 Å². The zero-order valence-corrected chi connectivity index (χ0v) is 21.8. The van der Waals surface area contributed by atoms with E-state index in [4.69, 9.17) is 21.0 Å². The average molecular weight is 536 g/mol. The lowest BCUT2D eigenvalue weighted by Crippen LogP contribution is -2.09. The third-order valence-corrected chi connectivity index (χ3v) is 6.64. The molecule has 5 aromatic rings. The number of benzene rings is 4. The van der Waals surface area contributed by atoms with Crippen LogP contribution in [0.2, 0.25) is 0 Å². The monoisotopic (exact) mass is 535 g/mol. The molecule has 8 heteroatoms. The van der Waals surface area contributed by atoms with E-state index in [2.05, 4.69) is 4.85 Å². The Bertz CT molecular complexity index is 1720. The van der Waals surface area contributed by atoms with E-state index in [1.807, 2.05) is 53.1 Å². The number of fused-ring (bicyclic) bond motifs is 1. The SMILES string of the molecule is [C-]#[N+]c1ccc(COc2cccc(-c3ccc(Cc4nc5ccc(C(=O)O)cc5n4CCOC)cc3)c2)c(F)c1. The average Bonchev–Trinajstić information content (AvgIpc) is 3.31. The molecule has 1 N–H and O–H groups in total. The molecule has 0 saturated heterocycles. The Balaban J connectivity index is 1.33. The van der Waals surface area contributed by atoms with E-state index >= 15 is 0 Å². The second-order valence-corrected chi connectivity index (χ2v) is 9.26. The van der Waals surface area contributed by atoms with Gasteiger partial charge in [0, 0.05) is 25.6 Å². The number of carboxylic acid groups (broad SMARTS) is 1. The number of aromatic nitrogens is 2. The highest BCUT2D eigenvalue weighted by atomic mass is 19.1. The number of ether oxygens (including phenoxy) is 2. The largest absolute Gasteiger partial charge is 0.489 e. The summed E-state index contributed by atoms with van der Waals surface area (Å²) >= 11 is 0. The summed E-state index contributed by atoms with van der Waals surface area (Å²) in [6.07, 6.45) is 0.572. The van der Waals surface area contributed by atoms with E-state index in [1.54, 1.807) is 37.4 Å². The molecule has 4 aromatic carbocycles. The van der Waals surface area contributed by atoms with Crippen LogP contribution in [0.3, 0.4) is 0 Å². The van der Waals surface area contributed by atoms with Crippen LogP contribution >= 0.6 is 0 Å². The molecule has 0 radical (unpaired) electrons. The van der Waals surface area contributed by atoms with E-state index in [0.717, 1.165) is 33.5 Å². The Labute approximate surface area is 230 Å². The third-order valence-electron chi connectivity index (χ3n) is 6.64. The maximum absolute atomic E-state index is 14.2. The van der Waals surface area contributed by atoms with Crippen molar-refractivity contribution in [2.45, 2.75) is 19.6 Å². The lowest BCUT2D eigenvalue weighted by molar-refractivity contribution is 0.0697. The van der Waals surface area contributed by atoms with E-state index in [0.29, 0.717) is 30.9 Å². The highest BCUT2D eigenvalue weighted by Crippen LogP contribution is 2.27. The summed E-state index contributed by atoms with van der Waals surface area (Å²) in [4.78, 5) is 19.5. The summed E-state index contributed by atoms with van der Waals surface area (Å²) in [5.41, 5.74) is 5.39. The van der Waals surface area contributed by atoms with Gasteiger partial charge in [-0.3, -0.25) is 0 Å². The van der Waals surface area contributed by atoms with Crippen molar-refractivity contribution in [2.75, 3.05) is 13.7 Å². The van der Waals surface area contributed by atoms with Crippen molar-refractivity contribution >= 4 is 22.7 Å². The van der Waals surface area contributed by atoms with Gasteiger partial charge in [-0.05, 0) is 53.1 Å². The van der Waals surface area contributed by atoms with Gasteiger partial charge in [0.15, 0.2) is 5.69 Å². The van der Waals surface area contributed by atoms with Crippen LogP contribution in [0.1, 0.15) is 27.3 Å². The van der Waals surface area contributed by atoms with Gasteiger partial charge in [-0.2, -0.15) is 0 Å². The quantitative estimate of drug-likeness (QED) is 0.197. The second kappa shape index (κ2) is 11.8. The van der Waals surface area contributed by atoms with E-state index in [-0.39, 0.29) is 17.9 Å². The first kappa shape index (κ1) is 26.6. The molecule has 0 aliphatic heterocycles. The number of nitrogens with zero attached hydrogens (tertiary/aromatic N) is 3. The Kier molecular flexibility index (Phi) is 7.85. The molecule has 0 bridgehead atoms. The molecule has 1 aromatic heterocycles. The van der Waals surface area contributed by atoms with Crippen molar-refractivity contribution in [1.29, 1.82) is 0 Å². The smallest absolute Gasteiger partial charge is 0.335 e. The maximum atomic E-state index is 14.2. The minimum absolute atomic E-state index is 0.0601. The first-order valence-electron chi connectivity index (χ1n) is 12.6. The zero-order valence-electron chi connectivity index (χ0n) is 21.8. The van der Waals surface area contributed by atoms with Crippen molar-refractivity contribution in [3.8, 4) is 16.9 Å². The summed E-state index contributed by atoms with van der Waals surface area (Å²) < 4.78 is 27.3. The highest BCUT2D eigenvalue weighted by molar-refractivity contribution is 5.92. The number of aromatic carboxylic acids is 1. The Morgan fingerprint density at radius 1 is 1.02 bits per heavy atom. The molecule has 0 aliphatic rings. The molecular formula is C32H26FN3O4. The normalized spacial score (nSPS) is 10.9. The summed E-state index contributed by atoms with van der Waals surface area (Å²) in [5.74, 6) is 0.00552. The lowest BCUT2D eigenvalue weighted by Gasteiger charge is -2.11. The number of methoxy groups -OCH3 is 1. The highest BCUT2D eigenvalue weighted by Gasteiger charge is 2.14. The first-order chi connectivity index (χ1) is 19.4. The number of imidazole rings is 1. The zero-order chi connectivity index (χ0) is 28.1. The van der Waals surface area contributed by atoms with Crippen LogP contribution in [-0.4, -0.2) is 34.3 Å². The Morgan fingerprint density at radius 2 is 1.85 bits per heavy atom. The van der Waals surface area contributed by atoms with Crippen molar-refractivity contribution < 1.29 is 23.8 Å². The molecule has 40 heavy (non-hydrogen) atoms. The Hall–Kier alpha value is -5.00. The molecule has 0 saturated carbocycles. The molecule has 0 unspecified atom stereocenters. The van der Waals surface area contributed by atoms with Gasteiger partial charge in [0.2, 0.25) is 0 Å². The van der Waals surface area contributed by atoms with E-state index in [1.165, 1.54) is 6.07 Å². The van der Waals surface area contributed by atoms with Crippen molar-refractivity contribution in [2.24, 2.45) is 0 Å². The van der Waals surface area contributed by atoms with Gasteiger partial charge in [0.05, 0.1) is 29.8 Å². The molecule has 0 fully saturated rings. The van der Waals surface area contributed by atoms with Gasteiger partial charge in [-0.15, -0.1) is 0 Å². The fourth-order valence-corrected chi connectivity index (χ4v) is 4.52. The lowest BCUT2D eigenvalue weighted by atomic mass is 10.0. The third kappa shape index (κ3) is 5.85. The Morgan fingerprint density at radius 3 is 2.58 bits per heavy atom. The van der Waals surface area contributed by atoms with Gasteiger partial charge in [0.1, 0.15) is 24.0 Å². The number of halogens is 1. The van der Waals surface area contributed by atoms with Crippen molar-refractivity contribution in [1.82, 2.24) is 9.55 Å². The minimum Gasteiger partial charge on any atom is -0.489 e. The maximum Gasteiger partial charge on any atom is 0.335 e. The molecule has 0 aliphatic carbocycles. The summed E-state index contributed by atoms with van der Waals surface area (Å²) in [7, 11) is 1.63. The number of carboxylic acids is 1. The van der Waals surface area contributed by atoms with E-state index in [9.17, 15) is 14.3 Å². The van der Waals surface area contributed by atoms with Gasteiger partial charge in [-0.25, -0.2) is 19.0 Å². The van der Waals surface area contributed by atoms with Gasteiger partial charge >= 0.3 is 5.97 Å². The molecule has 0 amide bonds. The van der Waals surface area contributed by atoms with E-state index < -0.39 is 11.8 Å². The van der Waals surface area contributed by atoms with Crippen molar-refractivity contribution in [3.05, 3.63) is 125 Å². The van der Waals surface area contributed by atoms with Crippen LogP contribution in [0, 0.1) is 12.4 Å². The van der Waals surface area contributed by atoms with Crippen LogP contribution in [0.5, 0.6) is 5.75 Å². The molecule has 5 rings (SSSR count). The summed E-state index contributed by atoms with van der Waals surface area (Å²) in [5, 5.41) is 9.42. The second-order valence-electron chi connectivity index (χ2n) is 9.26. The van der Waals surface area contributed by atoms with Crippen LogP contribution in [0.25, 0.3) is 27.0 Å². The fourth-order valence-electron chi connectivity index (χ4n) is 4.52.